The summed E-state index contributed by atoms with van der Waals surface area (Å²) in [5.41, 5.74) is 6.81. The number of carbonyl (C=O) groups excluding carboxylic acids is 1. The summed E-state index contributed by atoms with van der Waals surface area (Å²) >= 11 is 0. The van der Waals surface area contributed by atoms with E-state index in [1.165, 1.54) is 0 Å². The second-order valence-electron chi connectivity index (χ2n) is 7.49. The number of ether oxygens (including phenoxy) is 1. The molecule has 1 aliphatic carbocycles. The average Bonchev–Trinajstić information content (AvgIpc) is 2.64. The van der Waals surface area contributed by atoms with Gasteiger partial charge in [0.05, 0.1) is 12.3 Å². The third-order valence-corrected chi connectivity index (χ3v) is 5.39. The third-order valence-electron chi connectivity index (χ3n) is 5.39. The number of amidine groups is 1. The van der Waals surface area contributed by atoms with Crippen molar-refractivity contribution in [2.24, 2.45) is 22.2 Å². The lowest BCUT2D eigenvalue weighted by Crippen LogP contribution is -2.46. The molecule has 0 spiro atoms. The van der Waals surface area contributed by atoms with Crippen LogP contribution in [0.3, 0.4) is 0 Å². The number of rotatable bonds is 8. The van der Waals surface area contributed by atoms with Gasteiger partial charge in [0, 0.05) is 5.41 Å². The molecule has 26 heavy (non-hydrogen) atoms. The number of nitrogens with zero attached hydrogens (tertiary/aromatic N) is 2. The maximum Gasteiger partial charge on any atom is 0.212 e. The van der Waals surface area contributed by atoms with Crippen LogP contribution >= 0.6 is 0 Å². The van der Waals surface area contributed by atoms with Crippen LogP contribution in [0.25, 0.3) is 0 Å². The molecule has 0 aromatic heterocycles. The van der Waals surface area contributed by atoms with Gasteiger partial charge >= 0.3 is 0 Å². The van der Waals surface area contributed by atoms with Crippen molar-refractivity contribution in [3.8, 4) is 0 Å². The van der Waals surface area contributed by atoms with Gasteiger partial charge in [0.25, 0.3) is 0 Å². The highest BCUT2D eigenvalue weighted by Crippen LogP contribution is 2.43. The zero-order valence-electron chi connectivity index (χ0n) is 15.8. The molecule has 5 nitrogen and oxygen atoms in total. The number of anilines is 1. The summed E-state index contributed by atoms with van der Waals surface area (Å²) in [6.07, 6.45) is 8.04. The molecule has 1 fully saturated rings. The molecule has 5 heteroatoms. The normalized spacial score (nSPS) is 21.5. The van der Waals surface area contributed by atoms with Gasteiger partial charge in [-0.15, -0.1) is 0 Å². The van der Waals surface area contributed by atoms with Crippen molar-refractivity contribution in [3.63, 3.8) is 0 Å². The quantitative estimate of drug-likeness (QED) is 0.710. The van der Waals surface area contributed by atoms with Gasteiger partial charge in [-0.2, -0.15) is 10.1 Å². The van der Waals surface area contributed by atoms with Crippen LogP contribution in [0.2, 0.25) is 0 Å². The summed E-state index contributed by atoms with van der Waals surface area (Å²) in [5.74, 6) is 0.601. The van der Waals surface area contributed by atoms with Crippen LogP contribution < -0.4 is 10.7 Å². The van der Waals surface area contributed by atoms with E-state index in [4.69, 9.17) is 10.5 Å². The van der Waals surface area contributed by atoms with Crippen molar-refractivity contribution < 1.29 is 9.53 Å². The highest BCUT2D eigenvalue weighted by atomic mass is 16.5. The molecule has 1 heterocycles. The smallest absolute Gasteiger partial charge is 0.212 e. The zero-order chi connectivity index (χ0) is 18.6. The fraction of sp³-hybridized carbons (Fsp3) is 0.524. The number of hydrogen-bond acceptors (Lipinski definition) is 5. The fourth-order valence-electron chi connectivity index (χ4n) is 3.46. The zero-order valence-corrected chi connectivity index (χ0v) is 15.8. The minimum absolute atomic E-state index is 0.160. The Labute approximate surface area is 155 Å². The molecule has 0 bridgehead atoms. The van der Waals surface area contributed by atoms with Crippen molar-refractivity contribution in [2.45, 2.75) is 52.4 Å². The first-order valence-corrected chi connectivity index (χ1v) is 9.63. The molecule has 1 saturated carbocycles. The number of hydrogen-bond donors (Lipinski definition) is 1. The summed E-state index contributed by atoms with van der Waals surface area (Å²) in [7, 11) is 0. The van der Waals surface area contributed by atoms with E-state index < -0.39 is 5.92 Å². The van der Waals surface area contributed by atoms with Crippen molar-refractivity contribution in [3.05, 3.63) is 42.3 Å². The summed E-state index contributed by atoms with van der Waals surface area (Å²) < 4.78 is 6.02. The number of carbonyl (C=O) groups is 1. The first kappa shape index (κ1) is 18.5. The molecule has 140 valence electrons. The largest absolute Gasteiger partial charge is 0.478 e. The van der Waals surface area contributed by atoms with Crippen LogP contribution in [0.5, 0.6) is 0 Å². The van der Waals surface area contributed by atoms with Gasteiger partial charge in [0.15, 0.2) is 5.78 Å². The lowest BCUT2D eigenvalue weighted by atomic mass is 9.64. The van der Waals surface area contributed by atoms with Gasteiger partial charge in [-0.3, -0.25) is 4.79 Å². The highest BCUT2D eigenvalue weighted by molar-refractivity contribution is 6.08. The molecule has 1 atom stereocenters. The van der Waals surface area contributed by atoms with Crippen molar-refractivity contribution in [2.75, 3.05) is 11.6 Å². The van der Waals surface area contributed by atoms with E-state index in [1.807, 2.05) is 43.3 Å². The Morgan fingerprint density at radius 2 is 2.04 bits per heavy atom. The van der Waals surface area contributed by atoms with E-state index in [0.717, 1.165) is 44.2 Å². The van der Waals surface area contributed by atoms with E-state index in [-0.39, 0.29) is 11.2 Å². The van der Waals surface area contributed by atoms with E-state index in [1.54, 1.807) is 5.01 Å². The average molecular weight is 355 g/mol. The fourth-order valence-corrected chi connectivity index (χ4v) is 3.46. The van der Waals surface area contributed by atoms with Crippen molar-refractivity contribution in [1.82, 2.24) is 0 Å². The SMILES string of the molecule is CCCCCOC1=CC(C(=O)C2(C)CCC2)C(N)=NN1c1ccccc1. The first-order chi connectivity index (χ1) is 12.5. The summed E-state index contributed by atoms with van der Waals surface area (Å²) in [6.45, 7) is 4.80. The maximum atomic E-state index is 13.0. The predicted octanol–water partition coefficient (Wildman–Crippen LogP) is 4.20. The number of Topliss-reactive ketones (excluding diaryl/α,β-unsaturated/α-hetero) is 1. The van der Waals surface area contributed by atoms with Gasteiger partial charge in [-0.25, -0.2) is 0 Å². The van der Waals surface area contributed by atoms with Crippen LogP contribution in [0.1, 0.15) is 52.4 Å². The summed E-state index contributed by atoms with van der Waals surface area (Å²) in [6, 6.07) is 9.76. The molecule has 2 aliphatic rings. The van der Waals surface area contributed by atoms with Gasteiger partial charge in [-0.1, -0.05) is 51.3 Å². The molecule has 1 aliphatic heterocycles. The Morgan fingerprint density at radius 3 is 2.65 bits per heavy atom. The van der Waals surface area contributed by atoms with Gasteiger partial charge in [0.2, 0.25) is 5.88 Å². The monoisotopic (exact) mass is 355 g/mol. The Kier molecular flexibility index (Phi) is 5.64. The second-order valence-corrected chi connectivity index (χ2v) is 7.49. The van der Waals surface area contributed by atoms with Gasteiger partial charge < -0.3 is 10.5 Å². The minimum Gasteiger partial charge on any atom is -0.478 e. The molecular weight excluding hydrogens is 326 g/mol. The Balaban J connectivity index is 1.84. The van der Waals surface area contributed by atoms with Crippen LogP contribution in [-0.4, -0.2) is 18.2 Å². The molecule has 0 amide bonds. The highest BCUT2D eigenvalue weighted by Gasteiger charge is 2.44. The number of ketones is 1. The number of benzene rings is 1. The Hall–Kier alpha value is -2.30. The second kappa shape index (κ2) is 7.94. The standard InChI is InChI=1S/C21H29N3O2/c1-3-4-8-14-26-18-15-17(19(25)21(2)12-9-13-21)20(22)23-24(18)16-10-6-5-7-11-16/h5-7,10-11,15,17H,3-4,8-9,12-14H2,1-2H3,(H2,22,23). The van der Waals surface area contributed by atoms with Gasteiger partial charge in [0.1, 0.15) is 11.8 Å². The Morgan fingerprint density at radius 1 is 1.31 bits per heavy atom. The molecule has 0 saturated heterocycles. The van der Waals surface area contributed by atoms with Crippen LogP contribution in [0.4, 0.5) is 5.69 Å². The van der Waals surface area contributed by atoms with Crippen LogP contribution in [0, 0.1) is 11.3 Å². The minimum atomic E-state index is -0.499. The third kappa shape index (κ3) is 3.76. The van der Waals surface area contributed by atoms with E-state index in [0.29, 0.717) is 18.3 Å². The predicted molar refractivity (Wildman–Crippen MR) is 105 cm³/mol. The van der Waals surface area contributed by atoms with Crippen LogP contribution in [0.15, 0.2) is 47.4 Å². The van der Waals surface area contributed by atoms with Crippen molar-refractivity contribution >= 4 is 17.3 Å². The lowest BCUT2D eigenvalue weighted by molar-refractivity contribution is -0.133. The van der Waals surface area contributed by atoms with E-state index in [9.17, 15) is 4.79 Å². The molecule has 2 N–H and O–H groups in total. The Bertz CT molecular complexity index is 692. The number of nitrogens with two attached hydrogens (primary N) is 1. The molecular formula is C21H29N3O2. The topological polar surface area (TPSA) is 67.9 Å². The van der Waals surface area contributed by atoms with Crippen molar-refractivity contribution in [1.29, 1.82) is 0 Å². The maximum absolute atomic E-state index is 13.0. The number of unbranched alkanes of at least 4 members (excludes halogenated alkanes) is 2. The number of hydrazone groups is 1. The molecule has 3 rings (SSSR count). The molecule has 1 aromatic carbocycles. The van der Waals surface area contributed by atoms with E-state index in [2.05, 4.69) is 12.0 Å². The van der Waals surface area contributed by atoms with Crippen LogP contribution in [-0.2, 0) is 9.53 Å². The van der Waals surface area contributed by atoms with E-state index >= 15 is 0 Å². The van der Waals surface area contributed by atoms with Gasteiger partial charge in [-0.05, 0) is 37.5 Å². The summed E-state index contributed by atoms with van der Waals surface area (Å²) in [4.78, 5) is 13.0. The molecule has 1 aromatic rings. The molecule has 0 radical (unpaired) electrons. The lowest BCUT2D eigenvalue weighted by Gasteiger charge is -2.39. The summed E-state index contributed by atoms with van der Waals surface area (Å²) in [5, 5.41) is 6.22. The molecule has 1 unspecified atom stereocenters. The first-order valence-electron chi connectivity index (χ1n) is 9.63. The number of para-hydroxylation sites is 1.